The number of amides is 1. The number of benzene rings is 1. The number of aromatic nitrogens is 3. The smallest absolute Gasteiger partial charge is 0.254 e. The van der Waals surface area contributed by atoms with Gasteiger partial charge in [-0.15, -0.1) is 0 Å². The highest BCUT2D eigenvalue weighted by molar-refractivity contribution is 6.07. The Balaban J connectivity index is 2.17. The molecule has 0 radical (unpaired) electrons. The largest absolute Gasteiger partial charge is 0.339 e. The molecule has 0 saturated carbocycles. The molecule has 0 unspecified atom stereocenters. The molecule has 1 aromatic carbocycles. The van der Waals surface area contributed by atoms with Crippen LogP contribution in [0.1, 0.15) is 50.0 Å². The Kier molecular flexibility index (Phi) is 5.59. The summed E-state index contributed by atoms with van der Waals surface area (Å²) in [4.78, 5) is 19.8. The fraction of sp³-hybridized carbons (Fsp3) is 0.409. The quantitative estimate of drug-likeness (QED) is 0.645. The van der Waals surface area contributed by atoms with Crippen molar-refractivity contribution in [3.8, 4) is 11.3 Å². The van der Waals surface area contributed by atoms with Crippen molar-refractivity contribution >= 4 is 16.8 Å². The van der Waals surface area contributed by atoms with E-state index in [1.165, 1.54) is 5.56 Å². The van der Waals surface area contributed by atoms with Gasteiger partial charge < -0.3 is 4.90 Å². The maximum atomic E-state index is 13.2. The van der Waals surface area contributed by atoms with Crippen LogP contribution >= 0.6 is 0 Å². The highest BCUT2D eigenvalue weighted by Gasteiger charge is 2.20. The van der Waals surface area contributed by atoms with Crippen LogP contribution in [0.2, 0.25) is 0 Å². The molecule has 1 amide bonds. The SMILES string of the molecule is CCCn1cc(-c2cc(C(=O)N(C)C(C)C)c3cc(CC)ccc3n2)cn1. The molecule has 0 aliphatic rings. The van der Waals surface area contributed by atoms with E-state index in [1.807, 2.05) is 50.1 Å². The van der Waals surface area contributed by atoms with Gasteiger partial charge in [0.1, 0.15) is 0 Å². The normalized spacial score (nSPS) is 11.3. The van der Waals surface area contributed by atoms with Gasteiger partial charge in [-0.2, -0.15) is 5.10 Å². The van der Waals surface area contributed by atoms with Crippen molar-refractivity contribution in [1.82, 2.24) is 19.7 Å². The fourth-order valence-corrected chi connectivity index (χ4v) is 3.09. The number of hydrogen-bond acceptors (Lipinski definition) is 3. The first kappa shape index (κ1) is 19.1. The molecule has 0 saturated heterocycles. The van der Waals surface area contributed by atoms with E-state index in [0.717, 1.165) is 41.5 Å². The maximum absolute atomic E-state index is 13.2. The van der Waals surface area contributed by atoms with E-state index in [1.54, 1.807) is 4.90 Å². The zero-order valence-electron chi connectivity index (χ0n) is 16.9. The van der Waals surface area contributed by atoms with Gasteiger partial charge in [-0.25, -0.2) is 4.98 Å². The molecule has 0 N–H and O–H groups in total. The third kappa shape index (κ3) is 3.87. The Hall–Kier alpha value is -2.69. The molecular weight excluding hydrogens is 336 g/mol. The minimum atomic E-state index is 0.0212. The van der Waals surface area contributed by atoms with Gasteiger partial charge in [-0.05, 0) is 50.5 Å². The molecule has 0 fully saturated rings. The molecule has 5 heteroatoms. The monoisotopic (exact) mass is 364 g/mol. The number of nitrogens with zero attached hydrogens (tertiary/aromatic N) is 4. The number of aryl methyl sites for hydroxylation is 2. The molecule has 142 valence electrons. The number of rotatable bonds is 6. The van der Waals surface area contributed by atoms with E-state index in [-0.39, 0.29) is 11.9 Å². The molecule has 2 heterocycles. The third-order valence-electron chi connectivity index (χ3n) is 4.99. The second-order valence-electron chi connectivity index (χ2n) is 7.26. The Morgan fingerprint density at radius 2 is 2.00 bits per heavy atom. The Bertz CT molecular complexity index is 958. The summed E-state index contributed by atoms with van der Waals surface area (Å²) < 4.78 is 1.92. The lowest BCUT2D eigenvalue weighted by molar-refractivity contribution is 0.0757. The van der Waals surface area contributed by atoms with Crippen molar-refractivity contribution in [2.75, 3.05) is 7.05 Å². The van der Waals surface area contributed by atoms with Gasteiger partial charge >= 0.3 is 0 Å². The Morgan fingerprint density at radius 1 is 1.22 bits per heavy atom. The minimum absolute atomic E-state index is 0.0212. The second-order valence-corrected chi connectivity index (χ2v) is 7.26. The molecule has 0 aliphatic heterocycles. The second kappa shape index (κ2) is 7.91. The lowest BCUT2D eigenvalue weighted by Crippen LogP contribution is -2.33. The molecule has 3 rings (SSSR count). The zero-order chi connectivity index (χ0) is 19.6. The van der Waals surface area contributed by atoms with E-state index >= 15 is 0 Å². The number of pyridine rings is 1. The van der Waals surface area contributed by atoms with E-state index in [2.05, 4.69) is 31.1 Å². The van der Waals surface area contributed by atoms with Crippen molar-refractivity contribution in [3.05, 3.63) is 47.8 Å². The van der Waals surface area contributed by atoms with Crippen molar-refractivity contribution in [3.63, 3.8) is 0 Å². The highest BCUT2D eigenvalue weighted by atomic mass is 16.2. The summed E-state index contributed by atoms with van der Waals surface area (Å²) in [5.41, 5.74) is 4.47. The molecule has 0 atom stereocenters. The van der Waals surface area contributed by atoms with Gasteiger partial charge in [0.25, 0.3) is 5.91 Å². The van der Waals surface area contributed by atoms with Crippen molar-refractivity contribution in [1.29, 1.82) is 0 Å². The van der Waals surface area contributed by atoms with Gasteiger partial charge in [0.2, 0.25) is 0 Å². The number of fused-ring (bicyclic) bond motifs is 1. The predicted octanol–water partition coefficient (Wildman–Crippen LogP) is 4.55. The third-order valence-corrected chi connectivity index (χ3v) is 4.99. The fourth-order valence-electron chi connectivity index (χ4n) is 3.09. The zero-order valence-corrected chi connectivity index (χ0v) is 16.9. The summed E-state index contributed by atoms with van der Waals surface area (Å²) in [7, 11) is 1.85. The molecule has 27 heavy (non-hydrogen) atoms. The highest BCUT2D eigenvalue weighted by Crippen LogP contribution is 2.27. The van der Waals surface area contributed by atoms with Crippen LogP contribution in [0.3, 0.4) is 0 Å². The van der Waals surface area contributed by atoms with Gasteiger partial charge in [0.15, 0.2) is 0 Å². The minimum Gasteiger partial charge on any atom is -0.339 e. The van der Waals surface area contributed by atoms with E-state index in [9.17, 15) is 4.79 Å². The van der Waals surface area contributed by atoms with Crippen LogP contribution in [-0.2, 0) is 13.0 Å². The van der Waals surface area contributed by atoms with Crippen LogP contribution in [-0.4, -0.2) is 38.7 Å². The Morgan fingerprint density at radius 3 is 2.67 bits per heavy atom. The van der Waals surface area contributed by atoms with Crippen LogP contribution in [0.5, 0.6) is 0 Å². The van der Waals surface area contributed by atoms with E-state index in [4.69, 9.17) is 4.98 Å². The first-order valence-electron chi connectivity index (χ1n) is 9.68. The molecule has 0 aliphatic carbocycles. The lowest BCUT2D eigenvalue weighted by Gasteiger charge is -2.22. The maximum Gasteiger partial charge on any atom is 0.254 e. The number of carbonyl (C=O) groups excluding carboxylic acids is 1. The molecule has 3 aromatic rings. The summed E-state index contributed by atoms with van der Waals surface area (Å²) in [5.74, 6) is 0.0212. The summed E-state index contributed by atoms with van der Waals surface area (Å²) in [6.07, 6.45) is 5.77. The van der Waals surface area contributed by atoms with Crippen LogP contribution in [0.4, 0.5) is 0 Å². The van der Waals surface area contributed by atoms with Gasteiger partial charge in [-0.3, -0.25) is 9.48 Å². The summed E-state index contributed by atoms with van der Waals surface area (Å²) in [6, 6.07) is 8.23. The molecule has 5 nitrogen and oxygen atoms in total. The van der Waals surface area contributed by atoms with E-state index < -0.39 is 0 Å². The van der Waals surface area contributed by atoms with Crippen LogP contribution < -0.4 is 0 Å². The number of carbonyl (C=O) groups is 1. The van der Waals surface area contributed by atoms with Gasteiger partial charge in [0, 0.05) is 36.8 Å². The van der Waals surface area contributed by atoms with Gasteiger partial charge in [0.05, 0.1) is 23.0 Å². The van der Waals surface area contributed by atoms with Crippen LogP contribution in [0.25, 0.3) is 22.2 Å². The van der Waals surface area contributed by atoms with Gasteiger partial charge in [-0.1, -0.05) is 19.9 Å². The number of hydrogen-bond donors (Lipinski definition) is 0. The average Bonchev–Trinajstić information content (AvgIpc) is 3.14. The standard InChI is InChI=1S/C22H28N4O/c1-6-10-26-14-17(13-23-26)21-12-19(22(27)25(5)15(3)4)18-11-16(7-2)8-9-20(18)24-21/h8-9,11-15H,6-7,10H2,1-5H3. The molecule has 0 bridgehead atoms. The lowest BCUT2D eigenvalue weighted by atomic mass is 10.0. The molecule has 0 spiro atoms. The average molecular weight is 364 g/mol. The topological polar surface area (TPSA) is 51.0 Å². The first-order valence-corrected chi connectivity index (χ1v) is 9.68. The summed E-state index contributed by atoms with van der Waals surface area (Å²) in [6.45, 7) is 9.16. The first-order chi connectivity index (χ1) is 12.9. The summed E-state index contributed by atoms with van der Waals surface area (Å²) >= 11 is 0. The summed E-state index contributed by atoms with van der Waals surface area (Å²) in [5, 5.41) is 5.32. The molecular formula is C22H28N4O. The van der Waals surface area contributed by atoms with E-state index in [0.29, 0.717) is 5.56 Å². The molecule has 2 aromatic heterocycles. The predicted molar refractivity (Wildman–Crippen MR) is 110 cm³/mol. The van der Waals surface area contributed by atoms with Crippen LogP contribution in [0.15, 0.2) is 36.7 Å². The van der Waals surface area contributed by atoms with Crippen molar-refractivity contribution < 1.29 is 4.79 Å². The Labute approximate surface area is 161 Å². The van der Waals surface area contributed by atoms with Crippen molar-refractivity contribution in [2.45, 2.75) is 53.1 Å². The van der Waals surface area contributed by atoms with Crippen LogP contribution in [0, 0.1) is 0 Å². The van der Waals surface area contributed by atoms with Crippen molar-refractivity contribution in [2.24, 2.45) is 0 Å².